The Labute approximate surface area is 222 Å². The maximum absolute atomic E-state index is 14.6. The fourth-order valence-corrected chi connectivity index (χ4v) is 1.99. The number of benzene rings is 1. The highest BCUT2D eigenvalue weighted by Crippen LogP contribution is 2.34. The second-order valence-electron chi connectivity index (χ2n) is 4.88. The third-order valence-corrected chi connectivity index (χ3v) is 3.21. The summed E-state index contributed by atoms with van der Waals surface area (Å²) in [7, 11) is -4.38. The minimum absolute atomic E-state index is 0.666. The number of aromatic nitrogens is 4. The Morgan fingerprint density at radius 3 is 2.73 bits per heavy atom. The van der Waals surface area contributed by atoms with Crippen LogP contribution in [0.3, 0.4) is 0 Å². The molecule has 0 bridgehead atoms. The molecule has 1 fully saturated rings. The topological polar surface area (TPSA) is 85.5 Å². The van der Waals surface area contributed by atoms with E-state index in [1.165, 1.54) is 0 Å². The molecule has 1 aromatic heterocycles. The van der Waals surface area contributed by atoms with E-state index in [4.69, 9.17) is 38.4 Å². The number of aryl methyl sites for hydroxylation is 2. The van der Waals surface area contributed by atoms with E-state index in [-0.39, 0.29) is 0 Å². The van der Waals surface area contributed by atoms with E-state index in [9.17, 15) is 15.1 Å². The van der Waals surface area contributed by atoms with Crippen LogP contribution in [0.4, 0.5) is 5.69 Å². The van der Waals surface area contributed by atoms with Gasteiger partial charge in [0.25, 0.3) is 0 Å². The molecule has 1 saturated heterocycles. The minimum Gasteiger partial charge on any atom is -0.382 e. The number of tetrazole rings is 1. The van der Waals surface area contributed by atoms with Gasteiger partial charge in [0, 0.05) is 69.8 Å². The van der Waals surface area contributed by atoms with Gasteiger partial charge in [-0.25, -0.2) is 4.79 Å². The smallest absolute Gasteiger partial charge is 0.363 e. The Kier molecular flexibility index (Phi) is 1.70. The molecule has 0 radical (unpaired) electrons. The first-order chi connectivity index (χ1) is 26.9. The lowest BCUT2D eigenvalue weighted by Crippen LogP contribution is -2.60. The van der Waals surface area contributed by atoms with Crippen LogP contribution < -0.4 is 10.6 Å². The molecule has 2 heterocycles. The summed E-state index contributed by atoms with van der Waals surface area (Å²) in [5, 5.41) is 5.71. The minimum atomic E-state index is -5.52. The van der Waals surface area contributed by atoms with Crippen LogP contribution in [0.2, 0.25) is 0 Å². The Morgan fingerprint density at radius 2 is 2.03 bits per heavy atom. The van der Waals surface area contributed by atoms with E-state index >= 15 is 0 Å². The largest absolute Gasteiger partial charge is 0.382 e. The normalized spacial score (nSPS) is 42.5. The molecule has 3 rings (SSSR count). The average molecular weight is 449 g/mol. The summed E-state index contributed by atoms with van der Waals surface area (Å²) in [5.41, 5.74) is -10.0. The first-order valence-electron chi connectivity index (χ1n) is 23.4. The molecule has 0 spiro atoms. The number of carbonyl (C=O) groups is 1. The molecule has 1 aliphatic heterocycles. The van der Waals surface area contributed by atoms with Crippen molar-refractivity contribution >= 4 is 11.6 Å². The summed E-state index contributed by atoms with van der Waals surface area (Å²) >= 11 is 0. The van der Waals surface area contributed by atoms with Crippen molar-refractivity contribution < 1.29 is 53.4 Å². The molecule has 0 atom stereocenters. The molecule has 30 heavy (non-hydrogen) atoms. The van der Waals surface area contributed by atoms with Gasteiger partial charge in [0.2, 0.25) is 5.91 Å². The quantitative estimate of drug-likeness (QED) is 0.576. The van der Waals surface area contributed by atoms with Crippen molar-refractivity contribution in [1.82, 2.24) is 24.7 Å². The molecule has 9 heteroatoms. The summed E-state index contributed by atoms with van der Waals surface area (Å²) in [4.78, 5) is 25.2. The van der Waals surface area contributed by atoms with Crippen molar-refractivity contribution in [1.29, 1.82) is 0 Å². The number of hydrogen-bond donors (Lipinski definition) is 0. The zero-order chi connectivity index (χ0) is 49.5. The number of hydrogen-bond acceptors (Lipinski definition) is 6. The molecule has 0 aliphatic carbocycles. The van der Waals surface area contributed by atoms with Gasteiger partial charge in [-0.1, -0.05) is 25.0 Å². The Bertz CT molecular complexity index is 2110. The molecule has 0 N–H and O–H groups in total. The first kappa shape index (κ1) is 5.10. The number of para-hydroxylation sites is 1. The number of carbonyl (C=O) groups excluding carboxylic acids is 1. The fraction of sp³-hybridized carbons (Fsp3) is 0.619. The fourth-order valence-electron chi connectivity index (χ4n) is 1.99. The van der Waals surface area contributed by atoms with E-state index in [2.05, 4.69) is 15.2 Å². The third kappa shape index (κ3) is 4.62. The number of rotatable bonds is 9. The Morgan fingerprint density at radius 1 is 1.27 bits per heavy atom. The first-order valence-corrected chi connectivity index (χ1v) is 7.40. The molecule has 9 nitrogen and oxygen atoms in total. The van der Waals surface area contributed by atoms with Crippen LogP contribution in [0.25, 0.3) is 0 Å². The third-order valence-electron chi connectivity index (χ3n) is 3.21. The van der Waals surface area contributed by atoms with Crippen LogP contribution in [-0.4, -0.2) is 69.2 Å². The second-order valence-corrected chi connectivity index (χ2v) is 4.88. The van der Waals surface area contributed by atoms with E-state index in [0.717, 1.165) is 0 Å². The van der Waals surface area contributed by atoms with E-state index < -0.39 is 151 Å². The van der Waals surface area contributed by atoms with Crippen LogP contribution in [0.15, 0.2) is 35.0 Å². The predicted octanol–water partition coefficient (Wildman–Crippen LogP) is 1.38. The number of piperidine rings is 1. The lowest BCUT2D eigenvalue weighted by molar-refractivity contribution is -0.120. The summed E-state index contributed by atoms with van der Waals surface area (Å²) in [6, 6.07) is -8.48. The second kappa shape index (κ2) is 9.99. The monoisotopic (exact) mass is 448 g/mol. The molecule has 2 aromatic rings. The van der Waals surface area contributed by atoms with E-state index in [1.807, 2.05) is 0 Å². The van der Waals surface area contributed by atoms with Crippen LogP contribution in [0.5, 0.6) is 0 Å². The predicted molar refractivity (Wildman–Crippen MR) is 114 cm³/mol. The maximum Gasteiger partial charge on any atom is 0.363 e. The molecule has 1 amide bonds. The van der Waals surface area contributed by atoms with Crippen molar-refractivity contribution in [2.45, 2.75) is 51.4 Å². The molecule has 1 aromatic carbocycles. The van der Waals surface area contributed by atoms with Crippen LogP contribution in [-0.2, 0) is 22.5 Å². The van der Waals surface area contributed by atoms with Crippen molar-refractivity contribution in [3.05, 3.63) is 40.7 Å². The van der Waals surface area contributed by atoms with Gasteiger partial charge in [-0.2, -0.15) is 9.36 Å². The molecule has 1 aliphatic rings. The maximum atomic E-state index is 14.6. The Balaban J connectivity index is 2.79. The van der Waals surface area contributed by atoms with Gasteiger partial charge in [-0.3, -0.25) is 4.79 Å². The van der Waals surface area contributed by atoms with Gasteiger partial charge in [0.1, 0.15) is 0 Å². The zero-order valence-corrected chi connectivity index (χ0v) is 14.4. The van der Waals surface area contributed by atoms with Gasteiger partial charge in [-0.15, -0.1) is 0 Å². The van der Waals surface area contributed by atoms with Gasteiger partial charge >= 0.3 is 5.69 Å². The van der Waals surface area contributed by atoms with Gasteiger partial charge < -0.3 is 14.5 Å². The number of anilines is 1. The van der Waals surface area contributed by atoms with Gasteiger partial charge in [-0.05, 0) is 42.1 Å². The zero-order valence-electron chi connectivity index (χ0n) is 46.4. The summed E-state index contributed by atoms with van der Waals surface area (Å²) in [6.07, 6.45) is -15.5. The Hall–Kier alpha value is -2.52. The van der Waals surface area contributed by atoms with Gasteiger partial charge in [0.15, 0.2) is 0 Å². The van der Waals surface area contributed by atoms with E-state index in [0.29, 0.717) is 0 Å². The van der Waals surface area contributed by atoms with Crippen molar-refractivity contribution in [3.63, 3.8) is 0 Å². The average Bonchev–Trinajstić information content (AvgIpc) is 3.44. The summed E-state index contributed by atoms with van der Waals surface area (Å²) < 4.78 is 269. The van der Waals surface area contributed by atoms with E-state index in [1.54, 1.807) is 0 Å². The number of amides is 1. The number of ether oxygens (including phenoxy) is 1. The highest BCUT2D eigenvalue weighted by atomic mass is 16.5. The van der Waals surface area contributed by atoms with Crippen LogP contribution >= 0.6 is 0 Å². The molecule has 0 unspecified atom stereocenters. The standard InChI is InChI=1S/C21H32N6O3/c1-4-19(28)27(18-9-7-6-8-10-18)21(17-30-3)11-13-24(14-12-21)15-16-26-20(29)25(5-2)22-23-26/h6-10H,4-5,11-17H2,1-3H3/i1D3,2D3,3D3,4D2,5D2,6D,7D,8D,9D,10D,11D2,12D2,13D2,14D2,15D2,16D2,17D2. The number of likely N-dealkylation sites (tertiary alicyclic amines) is 1. The van der Waals surface area contributed by atoms with Crippen LogP contribution in [0, 0.1) is 0 Å². The lowest BCUT2D eigenvalue weighted by atomic mass is 9.85. The highest BCUT2D eigenvalue weighted by molar-refractivity contribution is 5.94. The molecule has 0 saturated carbocycles. The summed E-state index contributed by atoms with van der Waals surface area (Å²) in [5.74, 6) is -3.10. The summed E-state index contributed by atoms with van der Waals surface area (Å²) in [6.45, 7) is -37.4. The molecular weight excluding hydrogens is 384 g/mol. The lowest BCUT2D eigenvalue weighted by Gasteiger charge is -2.48. The van der Waals surface area contributed by atoms with Crippen molar-refractivity contribution in [3.8, 4) is 0 Å². The van der Waals surface area contributed by atoms with Crippen LogP contribution in [0.1, 0.15) is 76.7 Å². The number of methoxy groups -OCH3 is 1. The molecular formula is C21H32N6O3. The SMILES string of the molecule is [2H]c1c([2H])c([2H])c(N(C(=O)C([2H])([2H])C([2H])([2H])[2H])C2(C([2H])([2H])OC([2H])([2H])[2H])C([2H])([2H])C([2H])([2H])N(C([2H])([2H])C([2H])([2H])n3nnn(C([2H])([2H])C([2H])([2H])[2H])c3=O)C([2H])([2H])C2([2H])[2H])c([2H])c1[2H]. The van der Waals surface area contributed by atoms with Crippen molar-refractivity contribution in [2.24, 2.45) is 0 Å². The number of nitrogens with zero attached hydrogens (tertiary/aromatic N) is 6. The van der Waals surface area contributed by atoms with Crippen molar-refractivity contribution in [2.75, 3.05) is 38.0 Å². The molecule has 164 valence electrons. The highest BCUT2D eigenvalue weighted by Gasteiger charge is 2.42. The van der Waals surface area contributed by atoms with Gasteiger partial charge in [0.05, 0.1) is 37.8 Å².